The first-order chi connectivity index (χ1) is 6.66. The molecule has 1 fully saturated rings. The van der Waals surface area contributed by atoms with E-state index in [1.165, 1.54) is 32.1 Å². The van der Waals surface area contributed by atoms with Gasteiger partial charge in [0.15, 0.2) is 0 Å². The van der Waals surface area contributed by atoms with Gasteiger partial charge in [0.1, 0.15) is 0 Å². The molecule has 1 atom stereocenters. The van der Waals surface area contributed by atoms with Gasteiger partial charge in [0, 0.05) is 13.0 Å². The molecule has 14 heavy (non-hydrogen) atoms. The molecule has 1 aliphatic rings. The highest BCUT2D eigenvalue weighted by atomic mass is 31.0. The van der Waals surface area contributed by atoms with Crippen LogP contribution in [0.1, 0.15) is 52.9 Å². The average Bonchev–Trinajstić information content (AvgIpc) is 2.21. The van der Waals surface area contributed by atoms with E-state index in [-0.39, 0.29) is 0 Å². The molecule has 3 nitrogen and oxygen atoms in total. The van der Waals surface area contributed by atoms with Gasteiger partial charge in [0.05, 0.1) is 0 Å². The average molecular weight is 221 g/mol. The molecule has 0 amide bonds. The fourth-order valence-corrected chi connectivity index (χ4v) is 1.60. The van der Waals surface area contributed by atoms with Gasteiger partial charge in [-0.2, -0.15) is 0 Å². The second-order valence-electron chi connectivity index (χ2n) is 3.02. The van der Waals surface area contributed by atoms with Gasteiger partial charge in [0.2, 0.25) is 0 Å². The zero-order valence-corrected chi connectivity index (χ0v) is 10.7. The van der Waals surface area contributed by atoms with Crippen LogP contribution in [0.2, 0.25) is 0 Å². The molecule has 2 N–H and O–H groups in total. The van der Waals surface area contributed by atoms with Crippen LogP contribution in [0.5, 0.6) is 0 Å². The number of nitrogens with one attached hydrogen (secondary N) is 1. The summed E-state index contributed by atoms with van der Waals surface area (Å²) < 4.78 is 0. The van der Waals surface area contributed by atoms with Crippen molar-refractivity contribution in [2.45, 2.75) is 58.9 Å². The smallest absolute Gasteiger partial charge is 0.300 e. The van der Waals surface area contributed by atoms with Gasteiger partial charge in [0.25, 0.3) is 5.97 Å². The number of hydrogen-bond donors (Lipinski definition) is 2. The minimum absolute atomic E-state index is 0.800. The number of carbonyl (C=O) groups is 1. The van der Waals surface area contributed by atoms with Crippen molar-refractivity contribution in [1.82, 2.24) is 5.09 Å². The lowest BCUT2D eigenvalue weighted by Gasteiger charge is -2.19. The molecule has 86 valence electrons. The molecule has 1 unspecified atom stereocenters. The first-order valence-corrected chi connectivity index (χ1v) is 5.90. The summed E-state index contributed by atoms with van der Waals surface area (Å²) in [6.07, 6.45) is 7.05. The number of carboxylic acids is 1. The van der Waals surface area contributed by atoms with Gasteiger partial charge < -0.3 is 5.11 Å². The second kappa shape index (κ2) is 12.9. The molecular formula is C10H24NO2P. The van der Waals surface area contributed by atoms with E-state index in [4.69, 9.17) is 9.90 Å². The van der Waals surface area contributed by atoms with Crippen molar-refractivity contribution < 1.29 is 9.90 Å². The van der Waals surface area contributed by atoms with E-state index in [0.717, 1.165) is 13.0 Å². The Kier molecular flexibility index (Phi) is 15.0. The highest BCUT2D eigenvalue weighted by Gasteiger charge is 2.09. The number of hydrogen-bond acceptors (Lipinski definition) is 2. The molecular weight excluding hydrogens is 197 g/mol. The van der Waals surface area contributed by atoms with Gasteiger partial charge in [-0.25, -0.2) is 0 Å². The quantitative estimate of drug-likeness (QED) is 0.669. The third kappa shape index (κ3) is 14.4. The Morgan fingerprint density at radius 1 is 1.29 bits per heavy atom. The Balaban J connectivity index is 0. The van der Waals surface area contributed by atoms with E-state index < -0.39 is 5.97 Å². The molecule has 1 saturated carbocycles. The van der Waals surface area contributed by atoms with Crippen molar-refractivity contribution in [3.63, 3.8) is 0 Å². The van der Waals surface area contributed by atoms with Gasteiger partial charge in [-0.15, -0.1) is 0 Å². The van der Waals surface area contributed by atoms with E-state index in [1.54, 1.807) is 0 Å². The lowest BCUT2D eigenvalue weighted by Crippen LogP contribution is -2.22. The SMILES string of the molecule is CC.CC(=O)O.PNC1CCCCC1. The van der Waals surface area contributed by atoms with Crippen LogP contribution < -0.4 is 5.09 Å². The normalized spacial score (nSPS) is 15.7. The van der Waals surface area contributed by atoms with Crippen LogP contribution in [0.15, 0.2) is 0 Å². The molecule has 0 heterocycles. The molecule has 0 spiro atoms. The van der Waals surface area contributed by atoms with Gasteiger partial charge in [-0.1, -0.05) is 42.5 Å². The molecule has 0 aromatic rings. The van der Waals surface area contributed by atoms with Crippen molar-refractivity contribution in [1.29, 1.82) is 0 Å². The molecule has 1 rings (SSSR count). The number of rotatable bonds is 1. The highest BCUT2D eigenvalue weighted by Crippen LogP contribution is 2.17. The topological polar surface area (TPSA) is 49.3 Å². The van der Waals surface area contributed by atoms with Crippen LogP contribution >= 0.6 is 9.39 Å². The van der Waals surface area contributed by atoms with Crippen LogP contribution in [0.25, 0.3) is 0 Å². The van der Waals surface area contributed by atoms with E-state index in [2.05, 4.69) is 14.5 Å². The fourth-order valence-electron chi connectivity index (χ4n) is 1.27. The summed E-state index contributed by atoms with van der Waals surface area (Å²) in [7, 11) is 2.60. The maximum Gasteiger partial charge on any atom is 0.300 e. The van der Waals surface area contributed by atoms with E-state index in [0.29, 0.717) is 0 Å². The van der Waals surface area contributed by atoms with Crippen LogP contribution in [-0.4, -0.2) is 17.1 Å². The first-order valence-electron chi connectivity index (χ1n) is 5.32. The van der Waals surface area contributed by atoms with Crippen molar-refractivity contribution in [2.24, 2.45) is 0 Å². The standard InChI is InChI=1S/C6H14NP.C2H4O2.C2H6/c8-7-6-4-2-1-3-5-6;1-2(3)4;1-2/h6-7H,1-5,8H2;1H3,(H,3,4);1-2H3. The van der Waals surface area contributed by atoms with Crippen molar-refractivity contribution in [3.05, 3.63) is 0 Å². The number of carboxylic acid groups (broad SMARTS) is 1. The Hall–Kier alpha value is -0.140. The molecule has 0 aliphatic heterocycles. The Morgan fingerprint density at radius 2 is 1.64 bits per heavy atom. The summed E-state index contributed by atoms with van der Waals surface area (Å²) in [6.45, 7) is 5.08. The van der Waals surface area contributed by atoms with Crippen LogP contribution in [-0.2, 0) is 4.79 Å². The minimum atomic E-state index is -0.833. The van der Waals surface area contributed by atoms with E-state index in [9.17, 15) is 0 Å². The molecule has 0 bridgehead atoms. The van der Waals surface area contributed by atoms with Crippen LogP contribution in [0.4, 0.5) is 0 Å². The molecule has 0 saturated heterocycles. The van der Waals surface area contributed by atoms with Gasteiger partial charge in [-0.3, -0.25) is 9.88 Å². The minimum Gasteiger partial charge on any atom is -0.481 e. The van der Waals surface area contributed by atoms with E-state index in [1.807, 2.05) is 13.8 Å². The largest absolute Gasteiger partial charge is 0.481 e. The summed E-state index contributed by atoms with van der Waals surface area (Å²) in [5.74, 6) is -0.833. The molecule has 0 aromatic carbocycles. The lowest BCUT2D eigenvalue weighted by atomic mass is 9.96. The predicted molar refractivity (Wildman–Crippen MR) is 64.4 cm³/mol. The van der Waals surface area contributed by atoms with Gasteiger partial charge in [-0.05, 0) is 12.8 Å². The first kappa shape index (κ1) is 16.3. The summed E-state index contributed by atoms with van der Waals surface area (Å²) in [5.41, 5.74) is 0. The van der Waals surface area contributed by atoms with Crippen LogP contribution in [0, 0.1) is 0 Å². The van der Waals surface area contributed by atoms with Gasteiger partial charge >= 0.3 is 0 Å². The maximum atomic E-state index is 9.00. The highest BCUT2D eigenvalue weighted by molar-refractivity contribution is 7.13. The summed E-state index contributed by atoms with van der Waals surface area (Å²) in [4.78, 5) is 9.00. The Morgan fingerprint density at radius 3 is 1.86 bits per heavy atom. The molecule has 0 aromatic heterocycles. The third-order valence-electron chi connectivity index (χ3n) is 1.84. The van der Waals surface area contributed by atoms with Crippen molar-refractivity contribution >= 4 is 15.4 Å². The zero-order chi connectivity index (χ0) is 11.4. The Bertz CT molecular complexity index is 121. The fraction of sp³-hybridized carbons (Fsp3) is 0.900. The van der Waals surface area contributed by atoms with Crippen molar-refractivity contribution in [3.8, 4) is 0 Å². The summed E-state index contributed by atoms with van der Waals surface area (Å²) in [5, 5.41) is 10.6. The maximum absolute atomic E-state index is 9.00. The van der Waals surface area contributed by atoms with E-state index >= 15 is 0 Å². The second-order valence-corrected chi connectivity index (χ2v) is 3.35. The van der Waals surface area contributed by atoms with Crippen LogP contribution in [0.3, 0.4) is 0 Å². The van der Waals surface area contributed by atoms with Crippen molar-refractivity contribution in [2.75, 3.05) is 0 Å². The lowest BCUT2D eigenvalue weighted by molar-refractivity contribution is -0.134. The number of aliphatic carboxylic acids is 1. The molecule has 4 heteroatoms. The molecule has 0 radical (unpaired) electrons. The third-order valence-corrected chi connectivity index (χ3v) is 2.31. The molecule has 1 aliphatic carbocycles. The predicted octanol–water partition coefficient (Wildman–Crippen LogP) is 2.82. The summed E-state index contributed by atoms with van der Waals surface area (Å²) >= 11 is 0. The summed E-state index contributed by atoms with van der Waals surface area (Å²) in [6, 6.07) is 0.800. The zero-order valence-electron chi connectivity index (χ0n) is 9.55. The monoisotopic (exact) mass is 221 g/mol. The Labute approximate surface area is 89.9 Å².